The van der Waals surface area contributed by atoms with Crippen LogP contribution in [0.25, 0.3) is 0 Å². The van der Waals surface area contributed by atoms with E-state index < -0.39 is 0 Å². The molecule has 4 aromatic carbocycles. The number of amides is 4. The van der Waals surface area contributed by atoms with Crippen molar-refractivity contribution in [2.45, 2.75) is 13.5 Å². The fraction of sp³-hybridized carbons (Fsp3) is 0.229. The maximum Gasteiger partial charge on any atom is 0.321 e. The van der Waals surface area contributed by atoms with Crippen molar-refractivity contribution in [2.24, 2.45) is 0 Å². The summed E-state index contributed by atoms with van der Waals surface area (Å²) in [5.74, 6) is 0.266. The third-order valence-corrected chi connectivity index (χ3v) is 7.56. The number of carbonyl (C=O) groups is 3. The molecule has 0 spiro atoms. The van der Waals surface area contributed by atoms with E-state index in [1.807, 2.05) is 97.9 Å². The van der Waals surface area contributed by atoms with Crippen molar-refractivity contribution in [1.29, 1.82) is 0 Å². The van der Waals surface area contributed by atoms with Gasteiger partial charge in [0.2, 0.25) is 5.91 Å². The molecule has 226 valence electrons. The quantitative estimate of drug-likeness (QED) is 0.263. The smallest absolute Gasteiger partial charge is 0.321 e. The number of benzene rings is 4. The Bertz CT molecular complexity index is 1550. The average molecular weight is 592 g/mol. The number of ether oxygens (including phenoxy) is 1. The summed E-state index contributed by atoms with van der Waals surface area (Å²) < 4.78 is 5.17. The van der Waals surface area contributed by atoms with Crippen molar-refractivity contribution in [3.63, 3.8) is 0 Å². The number of methoxy groups -OCH3 is 1. The van der Waals surface area contributed by atoms with Crippen LogP contribution < -0.4 is 20.3 Å². The van der Waals surface area contributed by atoms with Gasteiger partial charge in [0.1, 0.15) is 12.3 Å². The molecule has 0 unspecified atom stereocenters. The number of nitrogens with zero attached hydrogens (tertiary/aromatic N) is 3. The van der Waals surface area contributed by atoms with Crippen molar-refractivity contribution in [3.05, 3.63) is 120 Å². The van der Waals surface area contributed by atoms with Gasteiger partial charge in [-0.05, 0) is 73.2 Å². The zero-order chi connectivity index (χ0) is 30.9. The summed E-state index contributed by atoms with van der Waals surface area (Å²) in [5, 5.41) is 5.87. The van der Waals surface area contributed by atoms with E-state index in [-0.39, 0.29) is 24.4 Å². The molecule has 0 atom stereocenters. The van der Waals surface area contributed by atoms with E-state index in [9.17, 15) is 14.4 Å². The minimum atomic E-state index is -0.273. The Hall–Kier alpha value is -5.31. The van der Waals surface area contributed by atoms with Crippen LogP contribution >= 0.6 is 0 Å². The summed E-state index contributed by atoms with van der Waals surface area (Å²) in [5.41, 5.74) is 4.94. The number of urea groups is 1. The van der Waals surface area contributed by atoms with E-state index in [0.717, 1.165) is 28.3 Å². The fourth-order valence-electron chi connectivity index (χ4n) is 5.06. The Labute approximate surface area is 258 Å². The molecule has 2 N–H and O–H groups in total. The standard InChI is InChI=1S/C35H37N5O4/c1-26-8-10-28(11-9-26)34(42)40(24-27-6-4-3-5-7-27)25-33(41)36-29-12-16-31(17-13-29)38-20-22-39(23-21-38)35(43)37-30-14-18-32(44-2)19-15-30/h3-19H,20-25H2,1-2H3,(H,36,41)(H,37,43). The van der Waals surface area contributed by atoms with E-state index in [1.54, 1.807) is 29.0 Å². The first-order valence-electron chi connectivity index (χ1n) is 14.6. The van der Waals surface area contributed by atoms with Gasteiger partial charge in [-0.2, -0.15) is 0 Å². The Morgan fingerprint density at radius 3 is 2.00 bits per heavy atom. The highest BCUT2D eigenvalue weighted by molar-refractivity contribution is 5.99. The number of hydrogen-bond acceptors (Lipinski definition) is 5. The van der Waals surface area contributed by atoms with Crippen LogP contribution in [-0.2, 0) is 11.3 Å². The second-order valence-electron chi connectivity index (χ2n) is 10.7. The number of hydrogen-bond donors (Lipinski definition) is 2. The summed E-state index contributed by atoms with van der Waals surface area (Å²) in [4.78, 5) is 44.7. The van der Waals surface area contributed by atoms with E-state index in [1.165, 1.54) is 0 Å². The molecule has 4 amide bonds. The van der Waals surface area contributed by atoms with Crippen LogP contribution in [0.15, 0.2) is 103 Å². The molecule has 1 fully saturated rings. The monoisotopic (exact) mass is 591 g/mol. The molecule has 0 saturated carbocycles. The Balaban J connectivity index is 1.14. The first kappa shape index (κ1) is 30.2. The van der Waals surface area contributed by atoms with E-state index in [0.29, 0.717) is 44.0 Å². The van der Waals surface area contributed by atoms with Gasteiger partial charge in [0.05, 0.1) is 7.11 Å². The molecule has 44 heavy (non-hydrogen) atoms. The molecule has 0 aliphatic carbocycles. The van der Waals surface area contributed by atoms with Crippen LogP contribution in [0.4, 0.5) is 21.9 Å². The summed E-state index contributed by atoms with van der Waals surface area (Å²) in [6.45, 7) is 4.78. The molecular weight excluding hydrogens is 554 g/mol. The molecule has 0 bridgehead atoms. The van der Waals surface area contributed by atoms with Crippen LogP contribution in [-0.4, -0.2) is 67.5 Å². The van der Waals surface area contributed by atoms with Crippen LogP contribution in [0.1, 0.15) is 21.5 Å². The van der Waals surface area contributed by atoms with E-state index in [4.69, 9.17) is 4.74 Å². The number of carbonyl (C=O) groups excluding carboxylic acids is 3. The lowest BCUT2D eigenvalue weighted by molar-refractivity contribution is -0.117. The molecule has 1 saturated heterocycles. The number of aryl methyl sites for hydroxylation is 1. The molecule has 9 heteroatoms. The second kappa shape index (κ2) is 14.2. The largest absolute Gasteiger partial charge is 0.497 e. The van der Waals surface area contributed by atoms with E-state index >= 15 is 0 Å². The maximum absolute atomic E-state index is 13.4. The maximum atomic E-state index is 13.4. The fourth-order valence-corrected chi connectivity index (χ4v) is 5.06. The zero-order valence-corrected chi connectivity index (χ0v) is 25.0. The SMILES string of the molecule is COc1ccc(NC(=O)N2CCN(c3ccc(NC(=O)CN(Cc4ccccc4)C(=O)c4ccc(C)cc4)cc3)CC2)cc1. The van der Waals surface area contributed by atoms with Crippen molar-refractivity contribution in [3.8, 4) is 5.75 Å². The van der Waals surface area contributed by atoms with Gasteiger partial charge in [-0.1, -0.05) is 48.0 Å². The van der Waals surface area contributed by atoms with Crippen LogP contribution in [0.2, 0.25) is 0 Å². The number of rotatable bonds is 9. The second-order valence-corrected chi connectivity index (χ2v) is 10.7. The van der Waals surface area contributed by atoms with Crippen molar-refractivity contribution in [2.75, 3.05) is 55.4 Å². The van der Waals surface area contributed by atoms with Gasteiger partial charge in [0.15, 0.2) is 0 Å². The Morgan fingerprint density at radius 1 is 0.750 bits per heavy atom. The van der Waals surface area contributed by atoms with Crippen LogP contribution in [0.5, 0.6) is 5.75 Å². The lowest BCUT2D eigenvalue weighted by Crippen LogP contribution is -2.50. The molecule has 9 nitrogen and oxygen atoms in total. The molecule has 1 aliphatic rings. The number of anilines is 3. The number of piperazine rings is 1. The Morgan fingerprint density at radius 2 is 1.36 bits per heavy atom. The predicted octanol–water partition coefficient (Wildman–Crippen LogP) is 5.64. The zero-order valence-electron chi connectivity index (χ0n) is 25.0. The first-order chi connectivity index (χ1) is 21.4. The molecular formula is C35H37N5O4. The Kier molecular flexibility index (Phi) is 9.76. The minimum Gasteiger partial charge on any atom is -0.497 e. The van der Waals surface area contributed by atoms with Crippen molar-refractivity contribution in [1.82, 2.24) is 9.80 Å². The summed E-state index contributed by atoms with van der Waals surface area (Å²) in [6.07, 6.45) is 0. The molecule has 1 heterocycles. The van der Waals surface area contributed by atoms with Gasteiger partial charge < -0.3 is 30.1 Å². The first-order valence-corrected chi connectivity index (χ1v) is 14.6. The van der Waals surface area contributed by atoms with Crippen molar-refractivity contribution >= 4 is 34.9 Å². The highest BCUT2D eigenvalue weighted by Crippen LogP contribution is 2.21. The van der Waals surface area contributed by atoms with E-state index in [2.05, 4.69) is 15.5 Å². The number of nitrogens with one attached hydrogen (secondary N) is 2. The topological polar surface area (TPSA) is 94.2 Å². The molecule has 5 rings (SSSR count). The highest BCUT2D eigenvalue weighted by atomic mass is 16.5. The third kappa shape index (κ3) is 7.95. The lowest BCUT2D eigenvalue weighted by Gasteiger charge is -2.36. The molecule has 0 aromatic heterocycles. The van der Waals surface area contributed by atoms with Crippen molar-refractivity contribution < 1.29 is 19.1 Å². The van der Waals surface area contributed by atoms with Gasteiger partial charge in [-0.3, -0.25) is 9.59 Å². The molecule has 4 aromatic rings. The van der Waals surface area contributed by atoms with Crippen LogP contribution in [0, 0.1) is 6.92 Å². The lowest BCUT2D eigenvalue weighted by atomic mass is 10.1. The molecule has 1 aliphatic heterocycles. The highest BCUT2D eigenvalue weighted by Gasteiger charge is 2.22. The minimum absolute atomic E-state index is 0.0795. The normalized spacial score (nSPS) is 12.8. The summed E-state index contributed by atoms with van der Waals surface area (Å²) >= 11 is 0. The van der Waals surface area contributed by atoms with Gasteiger partial charge in [-0.15, -0.1) is 0 Å². The van der Waals surface area contributed by atoms with Gasteiger partial charge in [0, 0.05) is 55.3 Å². The summed E-state index contributed by atoms with van der Waals surface area (Å²) in [7, 11) is 1.61. The van der Waals surface area contributed by atoms with Crippen LogP contribution in [0.3, 0.4) is 0 Å². The average Bonchev–Trinajstić information content (AvgIpc) is 3.06. The summed E-state index contributed by atoms with van der Waals surface area (Å²) in [6, 6.07) is 31.8. The predicted molar refractivity (Wildman–Crippen MR) is 173 cm³/mol. The van der Waals surface area contributed by atoms with Gasteiger partial charge >= 0.3 is 6.03 Å². The molecule has 0 radical (unpaired) electrons. The van der Waals surface area contributed by atoms with Gasteiger partial charge in [-0.25, -0.2) is 4.79 Å². The van der Waals surface area contributed by atoms with Gasteiger partial charge in [0.25, 0.3) is 5.91 Å². The third-order valence-electron chi connectivity index (χ3n) is 7.56.